The van der Waals surface area contributed by atoms with Crippen LogP contribution in [-0.2, 0) is 0 Å². The maximum atomic E-state index is 11.6. The van der Waals surface area contributed by atoms with E-state index < -0.39 is 17.2 Å². The van der Waals surface area contributed by atoms with Gasteiger partial charge in [0.25, 0.3) is 0 Å². The molecule has 0 saturated heterocycles. The van der Waals surface area contributed by atoms with Crippen molar-refractivity contribution in [2.24, 2.45) is 0 Å². The van der Waals surface area contributed by atoms with Crippen LogP contribution in [0, 0.1) is 0 Å². The van der Waals surface area contributed by atoms with E-state index in [0.29, 0.717) is 11.8 Å². The van der Waals surface area contributed by atoms with E-state index in [-0.39, 0.29) is 0 Å². The second-order valence-electron chi connectivity index (χ2n) is 5.83. The quantitative estimate of drug-likeness (QED) is 0.667. The molecule has 18 heavy (non-hydrogen) atoms. The van der Waals surface area contributed by atoms with Gasteiger partial charge in [-0.3, -0.25) is 4.90 Å². The van der Waals surface area contributed by atoms with E-state index in [1.165, 1.54) is 0 Å². The van der Waals surface area contributed by atoms with Crippen LogP contribution >= 0.6 is 23.2 Å². The van der Waals surface area contributed by atoms with Gasteiger partial charge in [-0.15, -0.1) is 23.2 Å². The summed E-state index contributed by atoms with van der Waals surface area (Å²) in [5.74, 6) is 1.11. The van der Waals surface area contributed by atoms with E-state index in [2.05, 4.69) is 0 Å². The Morgan fingerprint density at radius 3 is 1.56 bits per heavy atom. The lowest BCUT2D eigenvalue weighted by Crippen LogP contribution is -2.58. The number of carbonyl (C=O) groups is 1. The largest absolute Gasteiger partial charge is 0.465 e. The van der Waals surface area contributed by atoms with E-state index in [1.807, 2.05) is 27.7 Å². The highest BCUT2D eigenvalue weighted by molar-refractivity contribution is 6.18. The van der Waals surface area contributed by atoms with Gasteiger partial charge < -0.3 is 5.11 Å². The Bertz CT molecular complexity index is 248. The molecule has 3 nitrogen and oxygen atoms in total. The van der Waals surface area contributed by atoms with Gasteiger partial charge in [0, 0.05) is 22.8 Å². The fraction of sp³-hybridized carbons (Fsp3) is 0.923. The van der Waals surface area contributed by atoms with E-state index in [1.54, 1.807) is 4.90 Å². The van der Waals surface area contributed by atoms with E-state index >= 15 is 0 Å². The zero-order valence-corrected chi connectivity index (χ0v) is 13.3. The summed E-state index contributed by atoms with van der Waals surface area (Å²) in [6.07, 6.45) is 2.25. The first kappa shape index (κ1) is 17.8. The fourth-order valence-electron chi connectivity index (χ4n) is 2.56. The highest BCUT2D eigenvalue weighted by atomic mass is 35.5. The number of amides is 1. The second-order valence-corrected chi connectivity index (χ2v) is 6.58. The van der Waals surface area contributed by atoms with Crippen LogP contribution in [0.1, 0.15) is 53.4 Å². The Hall–Kier alpha value is -0.150. The number of hydrogen-bond donors (Lipinski definition) is 1. The van der Waals surface area contributed by atoms with Crippen molar-refractivity contribution in [2.45, 2.75) is 64.5 Å². The monoisotopic (exact) mass is 297 g/mol. The van der Waals surface area contributed by atoms with Crippen molar-refractivity contribution in [1.82, 2.24) is 4.90 Å². The first-order valence-corrected chi connectivity index (χ1v) is 7.41. The van der Waals surface area contributed by atoms with Crippen molar-refractivity contribution >= 4 is 29.3 Å². The van der Waals surface area contributed by atoms with Crippen molar-refractivity contribution in [3.63, 3.8) is 0 Å². The molecule has 0 aromatic heterocycles. The summed E-state index contributed by atoms with van der Waals surface area (Å²) in [5, 5.41) is 9.50. The lowest BCUT2D eigenvalue weighted by atomic mass is 9.87. The Morgan fingerprint density at radius 1 is 1.00 bits per heavy atom. The number of alkyl halides is 2. The third-order valence-electron chi connectivity index (χ3n) is 3.25. The maximum Gasteiger partial charge on any atom is 0.408 e. The summed E-state index contributed by atoms with van der Waals surface area (Å²) in [7, 11) is 0. The zero-order chi connectivity index (χ0) is 14.4. The average molecular weight is 298 g/mol. The standard InChI is InChI=1S/C13H25Cl2NO2/c1-12(2,7-5-9-14)16(11(17)18)13(3,4)8-6-10-15/h5-10H2,1-4H3,(H,17,18). The molecule has 0 aliphatic rings. The van der Waals surface area contributed by atoms with E-state index in [0.717, 1.165) is 25.7 Å². The molecule has 0 atom stereocenters. The Labute approximate surface area is 120 Å². The lowest BCUT2D eigenvalue weighted by Gasteiger charge is -2.47. The molecule has 0 unspecified atom stereocenters. The predicted molar refractivity (Wildman–Crippen MR) is 77.9 cm³/mol. The maximum absolute atomic E-state index is 11.6. The topological polar surface area (TPSA) is 40.5 Å². The number of hydrogen-bond acceptors (Lipinski definition) is 1. The summed E-state index contributed by atoms with van der Waals surface area (Å²) in [6, 6.07) is 0. The molecule has 0 aromatic rings. The van der Waals surface area contributed by atoms with Gasteiger partial charge >= 0.3 is 6.09 Å². The van der Waals surface area contributed by atoms with Crippen molar-refractivity contribution in [2.75, 3.05) is 11.8 Å². The first-order valence-electron chi connectivity index (χ1n) is 6.34. The molecular formula is C13H25Cl2NO2. The molecule has 0 heterocycles. The molecule has 0 aliphatic carbocycles. The van der Waals surface area contributed by atoms with Gasteiger partial charge in [0.1, 0.15) is 0 Å². The smallest absolute Gasteiger partial charge is 0.408 e. The van der Waals surface area contributed by atoms with Crippen LogP contribution in [0.2, 0.25) is 0 Å². The molecule has 0 rings (SSSR count). The Morgan fingerprint density at radius 2 is 1.33 bits per heavy atom. The third kappa shape index (κ3) is 5.23. The zero-order valence-electron chi connectivity index (χ0n) is 11.8. The molecule has 0 fully saturated rings. The molecule has 0 aliphatic heterocycles. The molecular weight excluding hydrogens is 273 g/mol. The van der Waals surface area contributed by atoms with Crippen LogP contribution in [0.5, 0.6) is 0 Å². The lowest BCUT2D eigenvalue weighted by molar-refractivity contribution is 0.0165. The average Bonchev–Trinajstić information content (AvgIpc) is 2.22. The summed E-state index contributed by atoms with van der Waals surface area (Å²) in [6.45, 7) is 7.82. The fourth-order valence-corrected chi connectivity index (χ4v) is 2.83. The molecule has 1 N–H and O–H groups in total. The van der Waals surface area contributed by atoms with Gasteiger partial charge in [-0.25, -0.2) is 4.79 Å². The molecule has 5 heteroatoms. The molecule has 0 saturated carbocycles. The van der Waals surface area contributed by atoms with E-state index in [4.69, 9.17) is 23.2 Å². The van der Waals surface area contributed by atoms with Crippen LogP contribution in [0.25, 0.3) is 0 Å². The molecule has 1 amide bonds. The van der Waals surface area contributed by atoms with Crippen molar-refractivity contribution in [3.05, 3.63) is 0 Å². The number of nitrogens with zero attached hydrogens (tertiary/aromatic N) is 1. The van der Waals surface area contributed by atoms with Gasteiger partial charge in [-0.05, 0) is 53.4 Å². The van der Waals surface area contributed by atoms with Gasteiger partial charge in [0.05, 0.1) is 0 Å². The summed E-state index contributed by atoms with van der Waals surface area (Å²) < 4.78 is 0. The third-order valence-corrected chi connectivity index (χ3v) is 3.78. The minimum Gasteiger partial charge on any atom is -0.465 e. The van der Waals surface area contributed by atoms with Crippen LogP contribution < -0.4 is 0 Å². The minimum absolute atomic E-state index is 0.420. The first-order chi connectivity index (χ1) is 8.19. The second kappa shape index (κ2) is 7.44. The van der Waals surface area contributed by atoms with E-state index in [9.17, 15) is 9.90 Å². The van der Waals surface area contributed by atoms with Crippen LogP contribution in [0.4, 0.5) is 4.79 Å². The number of halogens is 2. The van der Waals surface area contributed by atoms with Gasteiger partial charge in [-0.1, -0.05) is 0 Å². The van der Waals surface area contributed by atoms with Crippen molar-refractivity contribution in [1.29, 1.82) is 0 Å². The summed E-state index contributed by atoms with van der Waals surface area (Å²) in [5.41, 5.74) is -0.840. The normalized spacial score (nSPS) is 12.6. The number of rotatable bonds is 8. The van der Waals surface area contributed by atoms with Gasteiger partial charge in [-0.2, -0.15) is 0 Å². The van der Waals surface area contributed by atoms with Gasteiger partial charge in [0.2, 0.25) is 0 Å². The Kier molecular flexibility index (Phi) is 7.38. The highest BCUT2D eigenvalue weighted by Gasteiger charge is 2.40. The molecule has 0 bridgehead atoms. The molecule has 0 aromatic carbocycles. The Balaban J connectivity index is 4.98. The summed E-state index contributed by atoms with van der Waals surface area (Å²) in [4.78, 5) is 13.1. The SMILES string of the molecule is CC(C)(CCCCl)N(C(=O)O)C(C)(C)CCCCl. The van der Waals surface area contributed by atoms with Crippen LogP contribution in [0.3, 0.4) is 0 Å². The predicted octanol–water partition coefficient (Wildman–Crippen LogP) is 4.56. The highest BCUT2D eigenvalue weighted by Crippen LogP contribution is 2.32. The minimum atomic E-state index is -0.880. The van der Waals surface area contributed by atoms with Crippen molar-refractivity contribution in [3.8, 4) is 0 Å². The van der Waals surface area contributed by atoms with Crippen LogP contribution in [0.15, 0.2) is 0 Å². The van der Waals surface area contributed by atoms with Crippen molar-refractivity contribution < 1.29 is 9.90 Å². The molecule has 0 radical (unpaired) electrons. The van der Waals surface area contributed by atoms with Gasteiger partial charge in [0.15, 0.2) is 0 Å². The van der Waals surface area contributed by atoms with Crippen LogP contribution in [-0.4, -0.2) is 38.9 Å². The summed E-state index contributed by atoms with van der Waals surface area (Å²) >= 11 is 11.4. The molecule has 108 valence electrons. The molecule has 0 spiro atoms. The number of carboxylic acid groups (broad SMARTS) is 1.